The van der Waals surface area contributed by atoms with Gasteiger partial charge in [-0.25, -0.2) is 0 Å². The highest BCUT2D eigenvalue weighted by molar-refractivity contribution is 5.84. The van der Waals surface area contributed by atoms with Crippen molar-refractivity contribution in [3.05, 3.63) is 58.7 Å². The lowest BCUT2D eigenvalue weighted by molar-refractivity contribution is 0.390. The van der Waals surface area contributed by atoms with E-state index in [0.29, 0.717) is 0 Å². The molecule has 3 rings (SSSR count). The molecule has 1 aliphatic rings. The van der Waals surface area contributed by atoms with Gasteiger partial charge in [-0.1, -0.05) is 90.2 Å². The van der Waals surface area contributed by atoms with Gasteiger partial charge in [0.1, 0.15) is 11.5 Å². The van der Waals surface area contributed by atoms with Gasteiger partial charge in [-0.3, -0.25) is 9.98 Å². The maximum absolute atomic E-state index is 10.5. The Hall–Kier alpha value is -2.62. The Morgan fingerprint density at radius 3 is 1.53 bits per heavy atom. The third kappa shape index (κ3) is 10.3. The number of aryl methyl sites for hydroxylation is 2. The van der Waals surface area contributed by atoms with Gasteiger partial charge in [-0.05, 0) is 73.9 Å². The van der Waals surface area contributed by atoms with Crippen LogP contribution in [-0.4, -0.2) is 34.7 Å². The van der Waals surface area contributed by atoms with Crippen molar-refractivity contribution in [2.45, 2.75) is 129 Å². The predicted octanol–water partition coefficient (Wildman–Crippen LogP) is 8.97. The Labute approximate surface area is 231 Å². The highest BCUT2D eigenvalue weighted by atomic mass is 16.3. The lowest BCUT2D eigenvalue weighted by Gasteiger charge is -2.25. The fourth-order valence-electron chi connectivity index (χ4n) is 5.38. The molecule has 0 aromatic heterocycles. The van der Waals surface area contributed by atoms with E-state index in [9.17, 15) is 10.2 Å². The Morgan fingerprint density at radius 1 is 0.632 bits per heavy atom. The number of unbranched alkanes of at least 4 members (excludes halogenated alkanes) is 8. The summed E-state index contributed by atoms with van der Waals surface area (Å²) in [7, 11) is 0. The normalized spacial score (nSPS) is 18.1. The molecular weight excluding hydrogens is 468 g/mol. The number of aromatic hydroxyl groups is 2. The summed E-state index contributed by atoms with van der Waals surface area (Å²) < 4.78 is 0. The highest BCUT2D eigenvalue weighted by Crippen LogP contribution is 2.26. The van der Waals surface area contributed by atoms with Crippen LogP contribution in [0, 0.1) is 0 Å². The van der Waals surface area contributed by atoms with Crippen LogP contribution in [0.4, 0.5) is 0 Å². The number of phenols is 2. The Balaban J connectivity index is 1.61. The smallest absolute Gasteiger partial charge is 0.124 e. The van der Waals surface area contributed by atoms with Crippen LogP contribution < -0.4 is 0 Å². The van der Waals surface area contributed by atoms with Crippen molar-refractivity contribution in [1.29, 1.82) is 0 Å². The largest absolute Gasteiger partial charge is 0.507 e. The molecule has 0 aliphatic heterocycles. The first-order valence-electron chi connectivity index (χ1n) is 15.3. The molecule has 1 fully saturated rings. The summed E-state index contributed by atoms with van der Waals surface area (Å²) in [4.78, 5) is 9.82. The zero-order valence-corrected chi connectivity index (χ0v) is 23.9. The molecule has 38 heavy (non-hydrogen) atoms. The average molecular weight is 519 g/mol. The van der Waals surface area contributed by atoms with E-state index in [2.05, 4.69) is 26.0 Å². The molecule has 2 N–H and O–H groups in total. The SMILES string of the molecule is CCCCCCCCc1ccc(O)c(C=N[C@@H]2CCCC[C@@H]2N=Cc2cc(CCCCCC)ccc2O)c1. The number of phenolic OH excluding ortho intramolecular Hbond substituents is 2. The molecule has 0 heterocycles. The van der Waals surface area contributed by atoms with E-state index in [-0.39, 0.29) is 23.6 Å². The Bertz CT molecular complexity index is 1010. The van der Waals surface area contributed by atoms with Gasteiger partial charge in [-0.15, -0.1) is 0 Å². The average Bonchev–Trinajstić information content (AvgIpc) is 2.93. The van der Waals surface area contributed by atoms with E-state index in [1.165, 1.54) is 75.3 Å². The second-order valence-electron chi connectivity index (χ2n) is 11.1. The first kappa shape index (κ1) is 29.9. The molecule has 0 unspecified atom stereocenters. The molecule has 0 spiro atoms. The predicted molar refractivity (Wildman–Crippen MR) is 162 cm³/mol. The summed E-state index contributed by atoms with van der Waals surface area (Å²) in [6.45, 7) is 4.48. The van der Waals surface area contributed by atoms with Gasteiger partial charge in [0.25, 0.3) is 0 Å². The molecule has 0 saturated heterocycles. The topological polar surface area (TPSA) is 65.2 Å². The van der Waals surface area contributed by atoms with Crippen LogP contribution in [0.15, 0.2) is 46.4 Å². The van der Waals surface area contributed by atoms with Crippen LogP contribution >= 0.6 is 0 Å². The van der Waals surface area contributed by atoms with Crippen molar-refractivity contribution < 1.29 is 10.2 Å². The van der Waals surface area contributed by atoms with Crippen LogP contribution in [0.3, 0.4) is 0 Å². The molecular formula is C34H50N2O2. The van der Waals surface area contributed by atoms with E-state index in [1.54, 1.807) is 6.07 Å². The molecule has 0 bridgehead atoms. The number of nitrogens with zero attached hydrogens (tertiary/aromatic N) is 2. The zero-order valence-electron chi connectivity index (χ0n) is 23.9. The van der Waals surface area contributed by atoms with Crippen LogP contribution in [0.25, 0.3) is 0 Å². The van der Waals surface area contributed by atoms with Gasteiger partial charge in [-0.2, -0.15) is 0 Å². The van der Waals surface area contributed by atoms with Crippen LogP contribution in [0.5, 0.6) is 11.5 Å². The van der Waals surface area contributed by atoms with Crippen LogP contribution in [-0.2, 0) is 12.8 Å². The standard InChI is InChI=1S/C34H50N2O2/c1-3-5-7-9-10-12-16-28-20-22-34(38)30(24-28)26-36-32-18-14-13-17-31(32)35-25-29-23-27(19-21-33(29)37)15-11-8-6-4-2/h19-26,31-32,37-38H,3-18H2,1-2H3/t31-,32+/m0/s1. The first-order chi connectivity index (χ1) is 18.6. The van der Waals surface area contributed by atoms with Crippen molar-refractivity contribution in [1.82, 2.24) is 0 Å². The van der Waals surface area contributed by atoms with Crippen molar-refractivity contribution in [2.75, 3.05) is 0 Å². The molecule has 2 aromatic rings. The number of hydrogen-bond acceptors (Lipinski definition) is 4. The summed E-state index contributed by atoms with van der Waals surface area (Å²) in [5.41, 5.74) is 4.12. The Morgan fingerprint density at radius 2 is 1.05 bits per heavy atom. The third-order valence-electron chi connectivity index (χ3n) is 7.83. The third-order valence-corrected chi connectivity index (χ3v) is 7.83. The summed E-state index contributed by atoms with van der Waals surface area (Å²) >= 11 is 0. The molecule has 4 heteroatoms. The second kappa shape index (κ2) is 17.1. The fraction of sp³-hybridized carbons (Fsp3) is 0.588. The van der Waals surface area contributed by atoms with E-state index in [1.807, 2.05) is 30.6 Å². The molecule has 1 aliphatic carbocycles. The monoisotopic (exact) mass is 518 g/mol. The van der Waals surface area contributed by atoms with Gasteiger partial charge in [0.05, 0.1) is 12.1 Å². The zero-order chi connectivity index (χ0) is 27.0. The summed E-state index contributed by atoms with van der Waals surface area (Å²) in [5.74, 6) is 0.575. The molecule has 208 valence electrons. The molecule has 0 amide bonds. The summed E-state index contributed by atoms with van der Waals surface area (Å²) in [6.07, 6.45) is 22.7. The quantitative estimate of drug-likeness (QED) is 0.172. The first-order valence-corrected chi connectivity index (χ1v) is 15.3. The van der Waals surface area contributed by atoms with E-state index >= 15 is 0 Å². The van der Waals surface area contributed by atoms with Crippen molar-refractivity contribution in [3.63, 3.8) is 0 Å². The van der Waals surface area contributed by atoms with E-state index < -0.39 is 0 Å². The maximum atomic E-state index is 10.5. The lowest BCUT2D eigenvalue weighted by atomic mass is 9.91. The number of benzene rings is 2. The fourth-order valence-corrected chi connectivity index (χ4v) is 5.38. The van der Waals surface area contributed by atoms with Crippen molar-refractivity contribution in [3.8, 4) is 11.5 Å². The molecule has 2 aromatic carbocycles. The number of hydrogen-bond donors (Lipinski definition) is 2. The molecule has 4 nitrogen and oxygen atoms in total. The van der Waals surface area contributed by atoms with Crippen molar-refractivity contribution in [2.24, 2.45) is 9.98 Å². The summed E-state index contributed by atoms with van der Waals surface area (Å²) in [6, 6.07) is 12.0. The number of rotatable bonds is 16. The van der Waals surface area contributed by atoms with Crippen molar-refractivity contribution >= 4 is 12.4 Å². The van der Waals surface area contributed by atoms with Gasteiger partial charge >= 0.3 is 0 Å². The molecule has 2 atom stereocenters. The molecule has 0 radical (unpaired) electrons. The van der Waals surface area contributed by atoms with E-state index in [4.69, 9.17) is 9.98 Å². The lowest BCUT2D eigenvalue weighted by Crippen LogP contribution is -2.27. The second-order valence-corrected chi connectivity index (χ2v) is 11.1. The number of aliphatic imine (C=N–C) groups is 2. The molecule has 1 saturated carbocycles. The minimum atomic E-state index is 0.0981. The van der Waals surface area contributed by atoms with Gasteiger partial charge in [0.2, 0.25) is 0 Å². The van der Waals surface area contributed by atoms with Crippen LogP contribution in [0.1, 0.15) is 126 Å². The van der Waals surface area contributed by atoms with Crippen LogP contribution in [0.2, 0.25) is 0 Å². The van der Waals surface area contributed by atoms with E-state index in [0.717, 1.165) is 49.7 Å². The summed E-state index contributed by atoms with van der Waals surface area (Å²) in [5, 5.41) is 20.9. The van der Waals surface area contributed by atoms with Gasteiger partial charge in [0.15, 0.2) is 0 Å². The highest BCUT2D eigenvalue weighted by Gasteiger charge is 2.23. The Kier molecular flexibility index (Phi) is 13.4. The minimum Gasteiger partial charge on any atom is -0.507 e. The van der Waals surface area contributed by atoms with Gasteiger partial charge < -0.3 is 10.2 Å². The van der Waals surface area contributed by atoms with Gasteiger partial charge in [0, 0.05) is 23.6 Å². The minimum absolute atomic E-state index is 0.0981. The maximum Gasteiger partial charge on any atom is 0.124 e.